The maximum atomic E-state index is 12.2. The summed E-state index contributed by atoms with van der Waals surface area (Å²) in [6, 6.07) is 4.91. The number of hydrogen-bond donors (Lipinski definition) is 2. The average molecular weight is 317 g/mol. The van der Waals surface area contributed by atoms with Crippen molar-refractivity contribution in [1.82, 2.24) is 20.3 Å². The van der Waals surface area contributed by atoms with E-state index in [4.69, 9.17) is 9.47 Å². The number of rotatable bonds is 5. The molecule has 2 heterocycles. The fraction of sp³-hybridized carbons (Fsp3) is 0.400. The van der Waals surface area contributed by atoms with Crippen molar-refractivity contribution in [3.8, 4) is 11.5 Å². The standard InChI is InChI=1S/C15H19N5O3/c1-10(2)12(8-20-16-5-6-17-20)19-15(21)18-11-3-4-13-14(7-11)23-9-22-13/h3-7,10,12H,8-9H2,1-2H3,(H2,18,19,21). The van der Waals surface area contributed by atoms with Gasteiger partial charge in [-0.3, -0.25) is 0 Å². The summed E-state index contributed by atoms with van der Waals surface area (Å²) in [6.07, 6.45) is 3.23. The summed E-state index contributed by atoms with van der Waals surface area (Å²) in [6.45, 7) is 4.79. The molecule has 0 bridgehead atoms. The number of nitrogens with zero attached hydrogens (tertiary/aromatic N) is 3. The molecule has 2 N–H and O–H groups in total. The van der Waals surface area contributed by atoms with Crippen LogP contribution in [0.4, 0.5) is 10.5 Å². The minimum atomic E-state index is -0.283. The summed E-state index contributed by atoms with van der Waals surface area (Å²) in [5, 5.41) is 13.9. The summed E-state index contributed by atoms with van der Waals surface area (Å²) < 4.78 is 10.5. The molecule has 0 saturated carbocycles. The molecule has 1 aromatic heterocycles. The van der Waals surface area contributed by atoms with E-state index < -0.39 is 0 Å². The summed E-state index contributed by atoms with van der Waals surface area (Å²) in [7, 11) is 0. The minimum absolute atomic E-state index is 0.0867. The third-order valence-corrected chi connectivity index (χ3v) is 3.58. The van der Waals surface area contributed by atoms with Crippen LogP contribution in [-0.2, 0) is 6.54 Å². The van der Waals surface area contributed by atoms with Gasteiger partial charge in [0.1, 0.15) is 0 Å². The van der Waals surface area contributed by atoms with Crippen molar-refractivity contribution in [2.45, 2.75) is 26.4 Å². The number of anilines is 1. The third-order valence-electron chi connectivity index (χ3n) is 3.58. The van der Waals surface area contributed by atoms with Gasteiger partial charge in [-0.05, 0) is 18.1 Å². The molecular weight excluding hydrogens is 298 g/mol. The Morgan fingerprint density at radius 2 is 2.00 bits per heavy atom. The zero-order valence-electron chi connectivity index (χ0n) is 13.0. The Labute approximate surface area is 133 Å². The largest absolute Gasteiger partial charge is 0.454 e. The number of amides is 2. The lowest BCUT2D eigenvalue weighted by Gasteiger charge is -2.22. The van der Waals surface area contributed by atoms with Crippen molar-refractivity contribution >= 4 is 11.7 Å². The third kappa shape index (κ3) is 3.71. The number of fused-ring (bicyclic) bond motifs is 1. The fourth-order valence-corrected chi connectivity index (χ4v) is 2.25. The Morgan fingerprint density at radius 1 is 1.26 bits per heavy atom. The average Bonchev–Trinajstić information content (AvgIpc) is 3.16. The first-order valence-electron chi connectivity index (χ1n) is 7.43. The van der Waals surface area contributed by atoms with Crippen LogP contribution in [0, 0.1) is 5.92 Å². The Kier molecular flexibility index (Phi) is 4.31. The molecule has 122 valence electrons. The van der Waals surface area contributed by atoms with Crippen LogP contribution in [0.1, 0.15) is 13.8 Å². The van der Waals surface area contributed by atoms with Crippen LogP contribution in [0.25, 0.3) is 0 Å². The predicted molar refractivity (Wildman–Crippen MR) is 83.4 cm³/mol. The van der Waals surface area contributed by atoms with E-state index in [1.165, 1.54) is 0 Å². The topological polar surface area (TPSA) is 90.3 Å². The van der Waals surface area contributed by atoms with Crippen LogP contribution >= 0.6 is 0 Å². The molecule has 0 spiro atoms. The van der Waals surface area contributed by atoms with Gasteiger partial charge in [0.25, 0.3) is 0 Å². The molecule has 0 aliphatic carbocycles. The zero-order valence-corrected chi connectivity index (χ0v) is 13.0. The highest BCUT2D eigenvalue weighted by atomic mass is 16.7. The highest BCUT2D eigenvalue weighted by Gasteiger charge is 2.19. The maximum absolute atomic E-state index is 12.2. The SMILES string of the molecule is CC(C)C(Cn1nccn1)NC(=O)Nc1ccc2c(c1)OCO2. The zero-order chi connectivity index (χ0) is 16.2. The Hall–Kier alpha value is -2.77. The molecule has 1 aromatic carbocycles. The number of carbonyl (C=O) groups is 1. The van der Waals surface area contributed by atoms with Crippen LogP contribution in [0.15, 0.2) is 30.6 Å². The second-order valence-electron chi connectivity index (χ2n) is 5.60. The molecule has 2 amide bonds. The number of hydrogen-bond acceptors (Lipinski definition) is 5. The molecule has 2 aromatic rings. The number of carbonyl (C=O) groups excluding carboxylic acids is 1. The van der Waals surface area contributed by atoms with Gasteiger partial charge in [0, 0.05) is 11.8 Å². The van der Waals surface area contributed by atoms with Crippen molar-refractivity contribution in [3.63, 3.8) is 0 Å². The van der Waals surface area contributed by atoms with Crippen LogP contribution in [-0.4, -0.2) is 33.9 Å². The first-order valence-corrected chi connectivity index (χ1v) is 7.43. The van der Waals surface area contributed by atoms with Gasteiger partial charge >= 0.3 is 6.03 Å². The number of urea groups is 1. The van der Waals surface area contributed by atoms with Gasteiger partial charge in [-0.2, -0.15) is 15.0 Å². The van der Waals surface area contributed by atoms with E-state index in [2.05, 4.69) is 20.8 Å². The van der Waals surface area contributed by atoms with Gasteiger partial charge in [0.2, 0.25) is 6.79 Å². The van der Waals surface area contributed by atoms with Gasteiger partial charge in [-0.25, -0.2) is 4.79 Å². The van der Waals surface area contributed by atoms with E-state index in [-0.39, 0.29) is 24.8 Å². The molecule has 3 rings (SSSR count). The fourth-order valence-electron chi connectivity index (χ4n) is 2.25. The van der Waals surface area contributed by atoms with E-state index in [1.807, 2.05) is 13.8 Å². The quantitative estimate of drug-likeness (QED) is 0.878. The predicted octanol–water partition coefficient (Wildman–Crippen LogP) is 1.85. The molecule has 1 aliphatic rings. The van der Waals surface area contributed by atoms with Crippen molar-refractivity contribution in [1.29, 1.82) is 0 Å². The summed E-state index contributed by atoms with van der Waals surface area (Å²) in [5.74, 6) is 1.55. The number of benzene rings is 1. The lowest BCUT2D eigenvalue weighted by molar-refractivity contribution is 0.174. The smallest absolute Gasteiger partial charge is 0.319 e. The number of aromatic nitrogens is 3. The van der Waals surface area contributed by atoms with E-state index in [9.17, 15) is 4.79 Å². The first kappa shape index (κ1) is 15.1. The van der Waals surface area contributed by atoms with Gasteiger partial charge in [-0.15, -0.1) is 0 Å². The molecule has 1 unspecified atom stereocenters. The van der Waals surface area contributed by atoms with Crippen LogP contribution in [0.5, 0.6) is 11.5 Å². The molecule has 8 nitrogen and oxygen atoms in total. The van der Waals surface area contributed by atoms with E-state index in [1.54, 1.807) is 35.4 Å². The Morgan fingerprint density at radius 3 is 2.74 bits per heavy atom. The highest BCUT2D eigenvalue weighted by molar-refractivity contribution is 5.89. The van der Waals surface area contributed by atoms with Crippen molar-refractivity contribution in [2.75, 3.05) is 12.1 Å². The molecular formula is C15H19N5O3. The molecule has 0 radical (unpaired) electrons. The Balaban J connectivity index is 1.60. The summed E-state index contributed by atoms with van der Waals surface area (Å²) >= 11 is 0. The lowest BCUT2D eigenvalue weighted by Crippen LogP contribution is -2.44. The normalized spacial score (nSPS) is 13.9. The molecule has 1 atom stereocenters. The van der Waals surface area contributed by atoms with Gasteiger partial charge in [0.05, 0.1) is 25.0 Å². The summed E-state index contributed by atoms with van der Waals surface area (Å²) in [4.78, 5) is 13.8. The van der Waals surface area contributed by atoms with Gasteiger partial charge < -0.3 is 20.1 Å². The number of nitrogens with one attached hydrogen (secondary N) is 2. The maximum Gasteiger partial charge on any atom is 0.319 e. The number of ether oxygens (including phenoxy) is 2. The van der Waals surface area contributed by atoms with Crippen molar-refractivity contribution in [3.05, 3.63) is 30.6 Å². The second kappa shape index (κ2) is 6.55. The molecule has 0 fully saturated rings. The van der Waals surface area contributed by atoms with Gasteiger partial charge in [0.15, 0.2) is 11.5 Å². The van der Waals surface area contributed by atoms with Crippen molar-refractivity contribution in [2.24, 2.45) is 5.92 Å². The molecule has 1 aliphatic heterocycles. The molecule has 8 heteroatoms. The summed E-state index contributed by atoms with van der Waals surface area (Å²) in [5.41, 5.74) is 0.645. The van der Waals surface area contributed by atoms with Crippen LogP contribution < -0.4 is 20.1 Å². The van der Waals surface area contributed by atoms with Crippen LogP contribution in [0.3, 0.4) is 0 Å². The van der Waals surface area contributed by atoms with Crippen molar-refractivity contribution < 1.29 is 14.3 Å². The Bertz CT molecular complexity index is 672. The first-order chi connectivity index (χ1) is 11.1. The molecule has 0 saturated heterocycles. The van der Waals surface area contributed by atoms with Gasteiger partial charge in [-0.1, -0.05) is 13.8 Å². The van der Waals surface area contributed by atoms with Crippen LogP contribution in [0.2, 0.25) is 0 Å². The highest BCUT2D eigenvalue weighted by Crippen LogP contribution is 2.34. The lowest BCUT2D eigenvalue weighted by atomic mass is 10.1. The van der Waals surface area contributed by atoms with E-state index in [0.717, 1.165) is 0 Å². The minimum Gasteiger partial charge on any atom is -0.454 e. The van der Waals surface area contributed by atoms with E-state index in [0.29, 0.717) is 23.7 Å². The monoisotopic (exact) mass is 317 g/mol. The van der Waals surface area contributed by atoms with E-state index >= 15 is 0 Å². The molecule has 23 heavy (non-hydrogen) atoms. The second-order valence-corrected chi connectivity index (χ2v) is 5.60.